The molecule has 0 saturated carbocycles. The predicted octanol–water partition coefficient (Wildman–Crippen LogP) is -0.482. The van der Waals surface area contributed by atoms with Gasteiger partial charge in [0.2, 0.25) is 5.91 Å². The number of hydrogen-bond donors (Lipinski definition) is 5. The molecule has 9 heteroatoms. The van der Waals surface area contributed by atoms with Crippen LogP contribution < -0.4 is 16.0 Å². The molecule has 0 aliphatic rings. The van der Waals surface area contributed by atoms with E-state index in [1.54, 1.807) is 13.8 Å². The molecule has 0 fully saturated rings. The molecule has 0 radical (unpaired) electrons. The summed E-state index contributed by atoms with van der Waals surface area (Å²) in [6.45, 7) is 3.26. The fraction of sp³-hybridized carbons (Fsp3) is 0.667. The summed E-state index contributed by atoms with van der Waals surface area (Å²) in [6, 6.07) is -2.06. The van der Waals surface area contributed by atoms with Crippen LogP contribution in [0.3, 0.4) is 0 Å². The third-order valence-corrected chi connectivity index (χ3v) is 2.35. The van der Waals surface area contributed by atoms with E-state index >= 15 is 0 Å². The molecule has 0 heterocycles. The lowest BCUT2D eigenvalue weighted by Gasteiger charge is -2.15. The summed E-state index contributed by atoms with van der Waals surface area (Å²) in [4.78, 5) is 44.0. The second-order valence-corrected chi connectivity index (χ2v) is 4.73. The Kier molecular flexibility index (Phi) is 8.51. The maximum absolute atomic E-state index is 11.5. The number of rotatable bonds is 9. The third-order valence-electron chi connectivity index (χ3n) is 2.35. The first-order valence-electron chi connectivity index (χ1n) is 6.50. The number of urea groups is 1. The van der Waals surface area contributed by atoms with E-state index in [1.165, 1.54) is 0 Å². The highest BCUT2D eigenvalue weighted by atomic mass is 16.4. The minimum Gasteiger partial charge on any atom is -0.481 e. The van der Waals surface area contributed by atoms with Gasteiger partial charge in [0, 0.05) is 12.5 Å². The Hall–Kier alpha value is -2.32. The second-order valence-electron chi connectivity index (χ2n) is 4.73. The van der Waals surface area contributed by atoms with Gasteiger partial charge in [0.15, 0.2) is 0 Å². The summed E-state index contributed by atoms with van der Waals surface area (Å²) >= 11 is 0. The summed E-state index contributed by atoms with van der Waals surface area (Å²) < 4.78 is 0. The molecule has 21 heavy (non-hydrogen) atoms. The molecule has 0 bridgehead atoms. The first-order valence-corrected chi connectivity index (χ1v) is 6.50. The molecular formula is C12H21N3O6. The van der Waals surface area contributed by atoms with Crippen LogP contribution in [-0.4, -0.2) is 52.7 Å². The van der Waals surface area contributed by atoms with Gasteiger partial charge in [-0.3, -0.25) is 9.59 Å². The van der Waals surface area contributed by atoms with Gasteiger partial charge < -0.3 is 26.2 Å². The number of carbonyl (C=O) groups excluding carboxylic acids is 2. The van der Waals surface area contributed by atoms with E-state index in [1.807, 2.05) is 0 Å². The number of carboxylic acid groups (broad SMARTS) is 2. The largest absolute Gasteiger partial charge is 0.481 e. The Bertz CT molecular complexity index is 396. The Morgan fingerprint density at radius 3 is 2.14 bits per heavy atom. The summed E-state index contributed by atoms with van der Waals surface area (Å²) in [5.74, 6) is -2.69. The van der Waals surface area contributed by atoms with Gasteiger partial charge in [-0.25, -0.2) is 9.59 Å². The molecule has 1 atom stereocenters. The van der Waals surface area contributed by atoms with E-state index < -0.39 is 29.9 Å². The van der Waals surface area contributed by atoms with Gasteiger partial charge >= 0.3 is 18.0 Å². The van der Waals surface area contributed by atoms with E-state index in [0.717, 1.165) is 0 Å². The number of nitrogens with one attached hydrogen (secondary N) is 3. The normalized spacial score (nSPS) is 11.6. The molecule has 0 saturated heterocycles. The predicted molar refractivity (Wildman–Crippen MR) is 72.7 cm³/mol. The highest BCUT2D eigenvalue weighted by Gasteiger charge is 2.20. The maximum Gasteiger partial charge on any atom is 0.326 e. The van der Waals surface area contributed by atoms with Gasteiger partial charge in [-0.1, -0.05) is 0 Å². The van der Waals surface area contributed by atoms with E-state index in [-0.39, 0.29) is 31.8 Å². The van der Waals surface area contributed by atoms with Crippen LogP contribution in [0.1, 0.15) is 33.1 Å². The average Bonchev–Trinajstić information content (AvgIpc) is 2.33. The van der Waals surface area contributed by atoms with Crippen LogP contribution in [0.25, 0.3) is 0 Å². The highest BCUT2D eigenvalue weighted by molar-refractivity contribution is 5.86. The van der Waals surface area contributed by atoms with E-state index in [0.29, 0.717) is 0 Å². The van der Waals surface area contributed by atoms with Crippen molar-refractivity contribution in [1.82, 2.24) is 16.0 Å². The van der Waals surface area contributed by atoms with E-state index in [9.17, 15) is 19.2 Å². The first-order chi connectivity index (χ1) is 9.72. The Labute approximate surface area is 122 Å². The zero-order valence-electron chi connectivity index (χ0n) is 12.0. The lowest BCUT2D eigenvalue weighted by Crippen LogP contribution is -2.49. The molecule has 9 nitrogen and oxygen atoms in total. The molecule has 0 spiro atoms. The third kappa shape index (κ3) is 10.2. The fourth-order valence-electron chi connectivity index (χ4n) is 1.46. The zero-order valence-corrected chi connectivity index (χ0v) is 12.0. The Balaban J connectivity index is 4.14. The number of aliphatic carboxylic acids is 2. The molecule has 0 unspecified atom stereocenters. The Morgan fingerprint density at radius 1 is 1.05 bits per heavy atom. The highest BCUT2D eigenvalue weighted by Crippen LogP contribution is 2.01. The standard InChI is InChI=1S/C12H21N3O6/c1-7(2)14-9(16)6-13-12(21)15-8(11(19)20)4-3-5-10(17)18/h7-8H,3-6H2,1-2H3,(H,14,16)(H,17,18)(H,19,20)(H2,13,15,21)/t8-/m1/s1. The fourth-order valence-corrected chi connectivity index (χ4v) is 1.46. The summed E-state index contributed by atoms with van der Waals surface area (Å²) in [5, 5.41) is 24.4. The van der Waals surface area contributed by atoms with Crippen LogP contribution in [0.15, 0.2) is 0 Å². The summed E-state index contributed by atoms with van der Waals surface area (Å²) in [5.41, 5.74) is 0. The van der Waals surface area contributed by atoms with Crippen molar-refractivity contribution in [3.63, 3.8) is 0 Å². The van der Waals surface area contributed by atoms with Gasteiger partial charge in [0.1, 0.15) is 6.04 Å². The average molecular weight is 303 g/mol. The molecular weight excluding hydrogens is 282 g/mol. The number of amides is 3. The molecule has 0 aromatic rings. The van der Waals surface area contributed by atoms with Crippen molar-refractivity contribution < 1.29 is 29.4 Å². The lowest BCUT2D eigenvalue weighted by molar-refractivity contribution is -0.140. The van der Waals surface area contributed by atoms with Crippen molar-refractivity contribution in [3.05, 3.63) is 0 Å². The molecule has 0 aromatic heterocycles. The Morgan fingerprint density at radius 2 is 1.67 bits per heavy atom. The van der Waals surface area contributed by atoms with E-state index in [2.05, 4.69) is 16.0 Å². The SMILES string of the molecule is CC(C)NC(=O)CNC(=O)N[C@H](CCCC(=O)O)C(=O)O. The molecule has 5 N–H and O–H groups in total. The number of carbonyl (C=O) groups is 4. The molecule has 0 aliphatic carbocycles. The molecule has 0 aromatic carbocycles. The van der Waals surface area contributed by atoms with Gasteiger partial charge in [-0.05, 0) is 26.7 Å². The van der Waals surface area contributed by atoms with Crippen LogP contribution in [-0.2, 0) is 14.4 Å². The van der Waals surface area contributed by atoms with E-state index in [4.69, 9.17) is 10.2 Å². The lowest BCUT2D eigenvalue weighted by atomic mass is 10.1. The molecule has 3 amide bonds. The van der Waals surface area contributed by atoms with Crippen LogP contribution in [0.2, 0.25) is 0 Å². The summed E-state index contributed by atoms with van der Waals surface area (Å²) in [6.07, 6.45) is -0.0580. The smallest absolute Gasteiger partial charge is 0.326 e. The van der Waals surface area contributed by atoms with Crippen LogP contribution in [0.5, 0.6) is 0 Å². The van der Waals surface area contributed by atoms with Crippen molar-refractivity contribution in [2.24, 2.45) is 0 Å². The van der Waals surface area contributed by atoms with Crippen LogP contribution in [0.4, 0.5) is 4.79 Å². The van der Waals surface area contributed by atoms with Gasteiger partial charge in [0.05, 0.1) is 6.54 Å². The zero-order chi connectivity index (χ0) is 16.4. The summed E-state index contributed by atoms with van der Waals surface area (Å²) in [7, 11) is 0. The van der Waals surface area contributed by atoms with Gasteiger partial charge in [0.25, 0.3) is 0 Å². The molecule has 120 valence electrons. The van der Waals surface area contributed by atoms with Crippen molar-refractivity contribution in [2.75, 3.05) is 6.54 Å². The van der Waals surface area contributed by atoms with Crippen LogP contribution >= 0.6 is 0 Å². The van der Waals surface area contributed by atoms with Crippen molar-refractivity contribution in [2.45, 2.75) is 45.2 Å². The monoisotopic (exact) mass is 303 g/mol. The minimum atomic E-state index is -1.26. The number of hydrogen-bond acceptors (Lipinski definition) is 4. The van der Waals surface area contributed by atoms with Crippen molar-refractivity contribution in [3.8, 4) is 0 Å². The maximum atomic E-state index is 11.5. The van der Waals surface area contributed by atoms with Gasteiger partial charge in [-0.15, -0.1) is 0 Å². The molecule has 0 rings (SSSR count). The quantitative estimate of drug-likeness (QED) is 0.389. The first kappa shape index (κ1) is 18.7. The molecule has 0 aliphatic heterocycles. The second kappa shape index (κ2) is 9.56. The minimum absolute atomic E-state index is 0.00670. The van der Waals surface area contributed by atoms with Gasteiger partial charge in [-0.2, -0.15) is 0 Å². The number of carboxylic acids is 2. The topological polar surface area (TPSA) is 145 Å². The van der Waals surface area contributed by atoms with Crippen molar-refractivity contribution in [1.29, 1.82) is 0 Å². The van der Waals surface area contributed by atoms with Crippen LogP contribution in [0, 0.1) is 0 Å². The van der Waals surface area contributed by atoms with Crippen molar-refractivity contribution >= 4 is 23.9 Å².